The zero-order valence-electron chi connectivity index (χ0n) is 23.5. The summed E-state index contributed by atoms with van der Waals surface area (Å²) < 4.78 is 34.7. The number of nitrogens with zero attached hydrogens (tertiary/aromatic N) is 2. The quantitative estimate of drug-likeness (QED) is 0.262. The topological polar surface area (TPSA) is 96.0 Å². The van der Waals surface area contributed by atoms with E-state index in [1.807, 2.05) is 13.8 Å². The molecule has 220 valence electrons. The Labute approximate surface area is 252 Å². The summed E-state index contributed by atoms with van der Waals surface area (Å²) >= 11 is 12.5. The lowest BCUT2D eigenvalue weighted by Gasteiger charge is -2.32. The molecule has 41 heavy (non-hydrogen) atoms. The molecule has 3 rings (SSSR count). The van der Waals surface area contributed by atoms with E-state index in [0.717, 1.165) is 4.31 Å². The van der Waals surface area contributed by atoms with Gasteiger partial charge in [-0.2, -0.15) is 0 Å². The second kappa shape index (κ2) is 14.6. The van der Waals surface area contributed by atoms with Gasteiger partial charge >= 0.3 is 0 Å². The van der Waals surface area contributed by atoms with Crippen molar-refractivity contribution in [2.24, 2.45) is 5.92 Å². The van der Waals surface area contributed by atoms with E-state index in [1.54, 1.807) is 74.5 Å². The summed E-state index contributed by atoms with van der Waals surface area (Å²) in [6, 6.07) is 18.4. The maximum Gasteiger partial charge on any atom is 0.264 e. The molecule has 3 aromatic rings. The van der Waals surface area contributed by atoms with Gasteiger partial charge in [-0.1, -0.05) is 73.4 Å². The molecule has 11 heteroatoms. The molecule has 0 bridgehead atoms. The van der Waals surface area contributed by atoms with Crippen LogP contribution in [0.25, 0.3) is 0 Å². The van der Waals surface area contributed by atoms with Crippen LogP contribution in [0, 0.1) is 5.92 Å². The summed E-state index contributed by atoms with van der Waals surface area (Å²) in [5.41, 5.74) is 0.757. The number of amides is 2. The Morgan fingerprint density at radius 3 is 2.24 bits per heavy atom. The molecule has 1 atom stereocenters. The maximum atomic E-state index is 14.1. The zero-order valence-corrected chi connectivity index (χ0v) is 25.8. The second-order valence-corrected chi connectivity index (χ2v) is 12.5. The van der Waals surface area contributed by atoms with Gasteiger partial charge in [0, 0.05) is 23.1 Å². The molecule has 2 amide bonds. The van der Waals surface area contributed by atoms with Crippen LogP contribution in [0.5, 0.6) is 5.75 Å². The molecular formula is C30H35Cl2N3O5S. The highest BCUT2D eigenvalue weighted by Gasteiger charge is 2.34. The second-order valence-electron chi connectivity index (χ2n) is 9.80. The molecule has 0 heterocycles. The molecule has 8 nitrogen and oxygen atoms in total. The number of para-hydroxylation sites is 2. The Kier molecular flexibility index (Phi) is 11.5. The number of anilines is 1. The van der Waals surface area contributed by atoms with Crippen LogP contribution in [0.3, 0.4) is 0 Å². The first-order valence-corrected chi connectivity index (χ1v) is 15.5. The van der Waals surface area contributed by atoms with E-state index in [2.05, 4.69) is 5.32 Å². The van der Waals surface area contributed by atoms with Crippen molar-refractivity contribution in [1.29, 1.82) is 0 Å². The van der Waals surface area contributed by atoms with Crippen LogP contribution in [0.15, 0.2) is 77.7 Å². The first kappa shape index (κ1) is 32.2. The van der Waals surface area contributed by atoms with Gasteiger partial charge in [-0.25, -0.2) is 8.42 Å². The Morgan fingerprint density at radius 2 is 1.61 bits per heavy atom. The zero-order chi connectivity index (χ0) is 30.2. The summed E-state index contributed by atoms with van der Waals surface area (Å²) in [6.45, 7) is 7.38. The number of carbonyl (C=O) groups is 2. The van der Waals surface area contributed by atoms with Gasteiger partial charge in [-0.3, -0.25) is 13.9 Å². The van der Waals surface area contributed by atoms with E-state index in [1.165, 1.54) is 17.0 Å². The standard InChI is InChI=1S/C30H35Cl2N3O5S/c1-5-40-28-14-10-9-13-27(28)35(41(38,39)25-11-7-6-8-12-25)20-29(36)34(22(4)30(37)33-18-21(2)3)19-23-15-16-24(31)17-26(23)32/h6-17,21-22H,5,18-20H2,1-4H3,(H,33,37)/t22-/m0/s1. The number of hydrogen-bond acceptors (Lipinski definition) is 5. The third-order valence-electron chi connectivity index (χ3n) is 6.25. The molecular weight excluding hydrogens is 585 g/mol. The van der Waals surface area contributed by atoms with Crippen molar-refractivity contribution < 1.29 is 22.7 Å². The van der Waals surface area contributed by atoms with Gasteiger partial charge in [0.1, 0.15) is 18.3 Å². The van der Waals surface area contributed by atoms with Crippen LogP contribution in [0.1, 0.15) is 33.3 Å². The van der Waals surface area contributed by atoms with Gasteiger partial charge in [-0.05, 0) is 61.7 Å². The Morgan fingerprint density at radius 1 is 0.951 bits per heavy atom. The largest absolute Gasteiger partial charge is 0.492 e. The number of nitrogens with one attached hydrogen (secondary N) is 1. The maximum absolute atomic E-state index is 14.1. The van der Waals surface area contributed by atoms with E-state index in [0.29, 0.717) is 34.5 Å². The molecule has 1 N–H and O–H groups in total. The van der Waals surface area contributed by atoms with E-state index < -0.39 is 28.5 Å². The third kappa shape index (κ3) is 8.38. The average Bonchev–Trinajstić information content (AvgIpc) is 2.94. The van der Waals surface area contributed by atoms with Crippen molar-refractivity contribution in [3.63, 3.8) is 0 Å². The predicted molar refractivity (Wildman–Crippen MR) is 163 cm³/mol. The number of carbonyl (C=O) groups excluding carboxylic acids is 2. The van der Waals surface area contributed by atoms with Crippen molar-refractivity contribution in [2.75, 3.05) is 24.0 Å². The fourth-order valence-corrected chi connectivity index (χ4v) is 5.96. The third-order valence-corrected chi connectivity index (χ3v) is 8.61. The summed E-state index contributed by atoms with van der Waals surface area (Å²) in [7, 11) is -4.22. The van der Waals surface area contributed by atoms with Crippen LogP contribution in [-0.4, -0.2) is 50.9 Å². The lowest BCUT2D eigenvalue weighted by molar-refractivity contribution is -0.139. The van der Waals surface area contributed by atoms with Gasteiger partial charge in [0.2, 0.25) is 11.8 Å². The van der Waals surface area contributed by atoms with Crippen LogP contribution in [0.2, 0.25) is 10.0 Å². The summed E-state index contributed by atoms with van der Waals surface area (Å²) in [5.74, 6) is -0.474. The molecule has 0 fully saturated rings. The molecule has 0 radical (unpaired) electrons. The molecule has 0 aliphatic carbocycles. The highest BCUT2D eigenvalue weighted by molar-refractivity contribution is 7.92. The summed E-state index contributed by atoms with van der Waals surface area (Å²) in [4.78, 5) is 28.5. The highest BCUT2D eigenvalue weighted by atomic mass is 35.5. The SMILES string of the molecule is CCOc1ccccc1N(CC(=O)N(Cc1ccc(Cl)cc1Cl)[C@@H](C)C(=O)NCC(C)C)S(=O)(=O)c1ccccc1. The number of rotatable bonds is 13. The highest BCUT2D eigenvalue weighted by Crippen LogP contribution is 2.33. The summed E-state index contributed by atoms with van der Waals surface area (Å²) in [5, 5.41) is 3.60. The van der Waals surface area contributed by atoms with Crippen LogP contribution in [-0.2, 0) is 26.2 Å². The van der Waals surface area contributed by atoms with Crippen molar-refractivity contribution in [3.8, 4) is 5.75 Å². The van der Waals surface area contributed by atoms with Crippen molar-refractivity contribution in [3.05, 3.63) is 88.4 Å². The first-order chi connectivity index (χ1) is 19.4. The monoisotopic (exact) mass is 619 g/mol. The minimum absolute atomic E-state index is 0.00845. The minimum Gasteiger partial charge on any atom is -0.492 e. The molecule has 0 saturated heterocycles. The number of hydrogen-bond donors (Lipinski definition) is 1. The van der Waals surface area contributed by atoms with E-state index in [-0.39, 0.29) is 29.0 Å². The van der Waals surface area contributed by atoms with Crippen LogP contribution < -0.4 is 14.4 Å². The van der Waals surface area contributed by atoms with Crippen molar-refractivity contribution >= 4 is 50.7 Å². The average molecular weight is 621 g/mol. The number of halogens is 2. The smallest absolute Gasteiger partial charge is 0.264 e. The van der Waals surface area contributed by atoms with E-state index >= 15 is 0 Å². The van der Waals surface area contributed by atoms with Gasteiger partial charge in [0.25, 0.3) is 10.0 Å². The lowest BCUT2D eigenvalue weighted by Crippen LogP contribution is -2.51. The van der Waals surface area contributed by atoms with Gasteiger partial charge in [0.05, 0.1) is 17.2 Å². The Hall–Kier alpha value is -3.27. The van der Waals surface area contributed by atoms with Crippen LogP contribution in [0.4, 0.5) is 5.69 Å². The van der Waals surface area contributed by atoms with Crippen LogP contribution >= 0.6 is 23.2 Å². The number of ether oxygens (including phenoxy) is 1. The van der Waals surface area contributed by atoms with Crippen molar-refractivity contribution in [1.82, 2.24) is 10.2 Å². The summed E-state index contributed by atoms with van der Waals surface area (Å²) in [6.07, 6.45) is 0. The molecule has 0 aliphatic heterocycles. The van der Waals surface area contributed by atoms with Gasteiger partial charge in [-0.15, -0.1) is 0 Å². The van der Waals surface area contributed by atoms with Gasteiger partial charge < -0.3 is 15.0 Å². The first-order valence-electron chi connectivity index (χ1n) is 13.3. The van der Waals surface area contributed by atoms with Crippen molar-refractivity contribution in [2.45, 2.75) is 45.2 Å². The molecule has 0 spiro atoms. The number of benzene rings is 3. The number of sulfonamides is 1. The molecule has 0 aliphatic rings. The lowest BCUT2D eigenvalue weighted by atomic mass is 10.1. The fraction of sp³-hybridized carbons (Fsp3) is 0.333. The molecule has 0 unspecified atom stereocenters. The molecule has 0 saturated carbocycles. The molecule has 0 aromatic heterocycles. The Bertz CT molecular complexity index is 1450. The normalized spacial score (nSPS) is 12.1. The Balaban J connectivity index is 2.07. The predicted octanol–water partition coefficient (Wildman–Crippen LogP) is 5.78. The fourth-order valence-electron chi connectivity index (χ4n) is 4.04. The van der Waals surface area contributed by atoms with E-state index in [9.17, 15) is 18.0 Å². The van der Waals surface area contributed by atoms with Gasteiger partial charge in [0.15, 0.2) is 0 Å². The van der Waals surface area contributed by atoms with E-state index in [4.69, 9.17) is 27.9 Å². The molecule has 3 aromatic carbocycles. The minimum atomic E-state index is -4.22.